The number of nitrogens with zero attached hydrogens (tertiary/aromatic N) is 5. The normalized spacial score (nSPS) is 14.1. The van der Waals surface area contributed by atoms with Crippen LogP contribution in [-0.4, -0.2) is 39.1 Å². The first kappa shape index (κ1) is 21.6. The zero-order valence-electron chi connectivity index (χ0n) is 18.8. The van der Waals surface area contributed by atoms with Crippen LogP contribution < -0.4 is 15.5 Å². The lowest BCUT2D eigenvalue weighted by Gasteiger charge is -2.30. The summed E-state index contributed by atoms with van der Waals surface area (Å²) in [7, 11) is 0. The molecule has 34 heavy (non-hydrogen) atoms. The molecular weight excluding hydrogens is 430 g/mol. The number of aromatic nitrogens is 4. The van der Waals surface area contributed by atoms with Crippen LogP contribution in [0.5, 0.6) is 0 Å². The van der Waals surface area contributed by atoms with Crippen molar-refractivity contribution in [2.75, 3.05) is 28.6 Å². The fraction of sp³-hybridized carbons (Fsp3) is 0.240. The standard InChI is InChI=1S/C25H25N7O2/c1-17(33)28-20-8-5-9-21(14-20)29-24-26-16-27-25(30-24)32-12-10-19(11-13-32)23-15-22(31-34-23)18-6-3-2-4-7-18/h2-9,14-16,19H,10-13H2,1H3,(H,28,33)(H,26,27,29,30). The zero-order chi connectivity index (χ0) is 23.3. The van der Waals surface area contributed by atoms with Gasteiger partial charge in [0.1, 0.15) is 17.8 Å². The molecule has 3 heterocycles. The van der Waals surface area contributed by atoms with E-state index < -0.39 is 0 Å². The maximum absolute atomic E-state index is 11.3. The number of nitrogens with one attached hydrogen (secondary N) is 2. The summed E-state index contributed by atoms with van der Waals surface area (Å²) in [4.78, 5) is 26.7. The fourth-order valence-electron chi connectivity index (χ4n) is 4.10. The van der Waals surface area contributed by atoms with Crippen molar-refractivity contribution < 1.29 is 9.32 Å². The molecule has 4 aromatic rings. The molecule has 1 fully saturated rings. The van der Waals surface area contributed by atoms with Crippen molar-refractivity contribution >= 4 is 29.2 Å². The van der Waals surface area contributed by atoms with Gasteiger partial charge in [0.15, 0.2) is 0 Å². The van der Waals surface area contributed by atoms with Crippen molar-refractivity contribution in [3.63, 3.8) is 0 Å². The predicted molar refractivity (Wildman–Crippen MR) is 130 cm³/mol. The van der Waals surface area contributed by atoms with Gasteiger partial charge in [-0.05, 0) is 31.0 Å². The molecule has 5 rings (SSSR count). The van der Waals surface area contributed by atoms with Crippen LogP contribution in [0.1, 0.15) is 31.4 Å². The zero-order valence-corrected chi connectivity index (χ0v) is 18.8. The summed E-state index contributed by atoms with van der Waals surface area (Å²) >= 11 is 0. The van der Waals surface area contributed by atoms with Gasteiger partial charge in [-0.25, -0.2) is 9.97 Å². The maximum Gasteiger partial charge on any atom is 0.231 e. The van der Waals surface area contributed by atoms with Gasteiger partial charge in [-0.3, -0.25) is 4.79 Å². The third-order valence-electron chi connectivity index (χ3n) is 5.78. The second-order valence-corrected chi connectivity index (χ2v) is 8.24. The van der Waals surface area contributed by atoms with E-state index in [1.165, 1.54) is 13.3 Å². The van der Waals surface area contributed by atoms with Crippen LogP contribution >= 0.6 is 0 Å². The smallest absolute Gasteiger partial charge is 0.231 e. The summed E-state index contributed by atoms with van der Waals surface area (Å²) in [5, 5.41) is 10.2. The third-order valence-corrected chi connectivity index (χ3v) is 5.78. The van der Waals surface area contributed by atoms with Crippen LogP contribution in [0.25, 0.3) is 11.3 Å². The van der Waals surface area contributed by atoms with Gasteiger partial charge in [-0.2, -0.15) is 4.98 Å². The van der Waals surface area contributed by atoms with Gasteiger partial charge in [0.25, 0.3) is 0 Å². The summed E-state index contributed by atoms with van der Waals surface area (Å²) in [6.07, 6.45) is 3.37. The van der Waals surface area contributed by atoms with Crippen molar-refractivity contribution in [1.82, 2.24) is 20.1 Å². The highest BCUT2D eigenvalue weighted by Gasteiger charge is 2.25. The number of amides is 1. The Morgan fingerprint density at radius 1 is 1.00 bits per heavy atom. The SMILES string of the molecule is CC(=O)Nc1cccc(Nc2ncnc(N3CCC(c4cc(-c5ccccc5)no4)CC3)n2)c1. The van der Waals surface area contributed by atoms with Crippen LogP contribution in [0.15, 0.2) is 71.5 Å². The summed E-state index contributed by atoms with van der Waals surface area (Å²) < 4.78 is 5.67. The second kappa shape index (κ2) is 9.70. The minimum Gasteiger partial charge on any atom is -0.360 e. The first-order chi connectivity index (χ1) is 16.6. The molecule has 0 aliphatic carbocycles. The van der Waals surface area contributed by atoms with Crippen molar-refractivity contribution in [3.8, 4) is 11.3 Å². The Labute approximate surface area is 197 Å². The minimum absolute atomic E-state index is 0.121. The third kappa shape index (κ3) is 5.03. The molecule has 0 saturated carbocycles. The molecule has 0 atom stereocenters. The quantitative estimate of drug-likeness (QED) is 0.434. The summed E-state index contributed by atoms with van der Waals surface area (Å²) in [6.45, 7) is 3.10. The van der Waals surface area contributed by atoms with Gasteiger partial charge in [0.05, 0.1) is 0 Å². The minimum atomic E-state index is -0.121. The van der Waals surface area contributed by atoms with E-state index in [0.717, 1.165) is 48.6 Å². The van der Waals surface area contributed by atoms with Crippen LogP contribution in [-0.2, 0) is 4.79 Å². The Balaban J connectivity index is 1.22. The van der Waals surface area contributed by atoms with Crippen molar-refractivity contribution in [2.45, 2.75) is 25.7 Å². The van der Waals surface area contributed by atoms with Gasteiger partial charge in [-0.15, -0.1) is 0 Å². The number of benzene rings is 2. The molecule has 1 aliphatic heterocycles. The molecule has 1 aliphatic rings. The van der Waals surface area contributed by atoms with Crippen molar-refractivity contribution in [1.29, 1.82) is 0 Å². The number of carbonyl (C=O) groups excluding carboxylic acids is 1. The molecule has 2 N–H and O–H groups in total. The molecule has 2 aromatic heterocycles. The second-order valence-electron chi connectivity index (χ2n) is 8.24. The summed E-state index contributed by atoms with van der Waals surface area (Å²) in [5.41, 5.74) is 3.41. The van der Waals surface area contributed by atoms with Gasteiger partial charge in [0, 0.05) is 48.9 Å². The average Bonchev–Trinajstić information content (AvgIpc) is 3.35. The summed E-state index contributed by atoms with van der Waals surface area (Å²) in [5.74, 6) is 2.21. The Morgan fingerprint density at radius 2 is 1.79 bits per heavy atom. The Hall–Kier alpha value is -4.27. The lowest BCUT2D eigenvalue weighted by Crippen LogP contribution is -2.34. The molecule has 0 radical (unpaired) electrons. The number of carbonyl (C=O) groups is 1. The molecule has 172 valence electrons. The van der Waals surface area contributed by atoms with Crippen molar-refractivity contribution in [3.05, 3.63) is 72.8 Å². The highest BCUT2D eigenvalue weighted by Crippen LogP contribution is 2.32. The van der Waals surface area contributed by atoms with E-state index in [4.69, 9.17) is 4.52 Å². The largest absolute Gasteiger partial charge is 0.360 e. The number of hydrogen-bond donors (Lipinski definition) is 2. The molecule has 0 spiro atoms. The Kier molecular flexibility index (Phi) is 6.15. The van der Waals surface area contributed by atoms with E-state index in [1.54, 1.807) is 0 Å². The predicted octanol–water partition coefficient (Wildman–Crippen LogP) is 4.61. The topological polar surface area (TPSA) is 109 Å². The van der Waals surface area contributed by atoms with E-state index in [9.17, 15) is 4.79 Å². The van der Waals surface area contributed by atoms with Gasteiger partial charge >= 0.3 is 0 Å². The lowest BCUT2D eigenvalue weighted by atomic mass is 9.94. The molecule has 9 nitrogen and oxygen atoms in total. The monoisotopic (exact) mass is 455 g/mol. The van der Waals surface area contributed by atoms with E-state index in [2.05, 4.69) is 41.7 Å². The molecule has 2 aromatic carbocycles. The van der Waals surface area contributed by atoms with E-state index in [1.807, 2.05) is 54.6 Å². The van der Waals surface area contributed by atoms with Gasteiger partial charge in [-0.1, -0.05) is 41.6 Å². The first-order valence-corrected chi connectivity index (χ1v) is 11.2. The molecule has 0 unspecified atom stereocenters. The van der Waals surface area contributed by atoms with Crippen LogP contribution in [0.3, 0.4) is 0 Å². The number of anilines is 4. The molecule has 1 saturated heterocycles. The van der Waals surface area contributed by atoms with E-state index in [-0.39, 0.29) is 5.91 Å². The Bertz CT molecular complexity index is 1270. The highest BCUT2D eigenvalue weighted by atomic mass is 16.5. The van der Waals surface area contributed by atoms with Gasteiger partial charge in [0.2, 0.25) is 17.8 Å². The molecular formula is C25H25N7O2. The summed E-state index contributed by atoms with van der Waals surface area (Å²) in [6, 6.07) is 19.5. The highest BCUT2D eigenvalue weighted by molar-refractivity contribution is 5.89. The van der Waals surface area contributed by atoms with Gasteiger partial charge < -0.3 is 20.1 Å². The average molecular weight is 456 g/mol. The molecule has 0 bridgehead atoms. The van der Waals surface area contributed by atoms with E-state index >= 15 is 0 Å². The van der Waals surface area contributed by atoms with E-state index in [0.29, 0.717) is 23.5 Å². The first-order valence-electron chi connectivity index (χ1n) is 11.2. The number of hydrogen-bond acceptors (Lipinski definition) is 8. The van der Waals surface area contributed by atoms with Crippen molar-refractivity contribution in [2.24, 2.45) is 0 Å². The van der Waals surface area contributed by atoms with Crippen LogP contribution in [0.4, 0.5) is 23.3 Å². The maximum atomic E-state index is 11.3. The Morgan fingerprint density at radius 3 is 2.59 bits per heavy atom. The number of piperidine rings is 1. The lowest BCUT2D eigenvalue weighted by molar-refractivity contribution is -0.114. The van der Waals surface area contributed by atoms with Crippen LogP contribution in [0, 0.1) is 0 Å². The molecule has 1 amide bonds. The number of rotatable bonds is 6. The fourth-order valence-corrected chi connectivity index (χ4v) is 4.10. The molecule has 9 heteroatoms. The van der Waals surface area contributed by atoms with Crippen LogP contribution in [0.2, 0.25) is 0 Å².